The molecule has 0 aliphatic carbocycles. The van der Waals surface area contributed by atoms with E-state index >= 15 is 0 Å². The van der Waals surface area contributed by atoms with Crippen LogP contribution in [0.3, 0.4) is 0 Å². The summed E-state index contributed by atoms with van der Waals surface area (Å²) in [6.45, 7) is 7.22. The quantitative estimate of drug-likeness (QED) is 0.551. The van der Waals surface area contributed by atoms with E-state index in [1.165, 1.54) is 23.4 Å². The maximum atomic E-state index is 12.7. The minimum absolute atomic E-state index is 0.0403. The smallest absolute Gasteiger partial charge is 0.262 e. The molecule has 0 saturated carbocycles. The van der Waals surface area contributed by atoms with Crippen LogP contribution < -0.4 is 19.7 Å². The molecule has 178 valence electrons. The first-order valence-electron chi connectivity index (χ1n) is 11.1. The summed E-state index contributed by atoms with van der Waals surface area (Å²) in [6, 6.07) is 11.3. The molecule has 0 atom stereocenters. The number of unbranched alkanes of at least 4 members (excludes halogenated alkanes) is 1. The van der Waals surface area contributed by atoms with Gasteiger partial charge < -0.3 is 15.0 Å². The predicted octanol–water partition coefficient (Wildman–Crippen LogP) is 2.86. The molecular weight excluding hydrogens is 464 g/mol. The summed E-state index contributed by atoms with van der Waals surface area (Å²) in [6.07, 6.45) is 1.63. The lowest BCUT2D eigenvalue weighted by atomic mass is 10.2. The number of carbonyl (C=O) groups excluding carboxylic acids is 1. The summed E-state index contributed by atoms with van der Waals surface area (Å²) >= 11 is 6.16. The number of hydrogen-bond donors (Lipinski definition) is 2. The second-order valence-corrected chi connectivity index (χ2v) is 10.5. The summed E-state index contributed by atoms with van der Waals surface area (Å²) in [5.41, 5.74) is 2.92. The summed E-state index contributed by atoms with van der Waals surface area (Å²) in [7, 11) is -3.78. The van der Waals surface area contributed by atoms with Crippen molar-refractivity contribution >= 4 is 38.9 Å². The molecule has 2 N–H and O–H groups in total. The molecule has 10 heteroatoms. The summed E-state index contributed by atoms with van der Waals surface area (Å²) in [5, 5.41) is 2.65. The van der Waals surface area contributed by atoms with Crippen LogP contribution in [-0.2, 0) is 14.8 Å². The van der Waals surface area contributed by atoms with Gasteiger partial charge >= 0.3 is 0 Å². The third-order valence-electron chi connectivity index (χ3n) is 5.89. The SMILES string of the molecule is Cc1cccc(N2CCN(CCCCNS(=O)(=O)c3cc4c(cc3Cl)NC(=O)CO4)CC2)c1. The number of nitrogens with zero attached hydrogens (tertiary/aromatic N) is 2. The Morgan fingerprint density at radius 3 is 2.67 bits per heavy atom. The Morgan fingerprint density at radius 2 is 1.91 bits per heavy atom. The van der Waals surface area contributed by atoms with Crippen LogP contribution >= 0.6 is 11.6 Å². The van der Waals surface area contributed by atoms with Crippen LogP contribution in [0.25, 0.3) is 0 Å². The van der Waals surface area contributed by atoms with Crippen LogP contribution in [0.5, 0.6) is 5.75 Å². The maximum Gasteiger partial charge on any atom is 0.262 e. The molecule has 2 aromatic carbocycles. The number of benzene rings is 2. The molecule has 33 heavy (non-hydrogen) atoms. The molecule has 2 aliphatic heterocycles. The van der Waals surface area contributed by atoms with Crippen LogP contribution in [0.4, 0.5) is 11.4 Å². The molecule has 1 saturated heterocycles. The van der Waals surface area contributed by atoms with E-state index in [0.717, 1.165) is 45.6 Å². The maximum absolute atomic E-state index is 12.7. The number of sulfonamides is 1. The molecule has 2 aliphatic rings. The lowest BCUT2D eigenvalue weighted by molar-refractivity contribution is -0.118. The third kappa shape index (κ3) is 5.97. The molecule has 1 amide bonds. The molecule has 2 aromatic rings. The Bertz CT molecular complexity index is 1120. The van der Waals surface area contributed by atoms with Gasteiger partial charge in [0.15, 0.2) is 6.61 Å². The molecular formula is C23H29ClN4O4S. The summed E-state index contributed by atoms with van der Waals surface area (Å²) in [5.74, 6) is -0.00643. The highest BCUT2D eigenvalue weighted by Gasteiger charge is 2.24. The highest BCUT2D eigenvalue weighted by atomic mass is 35.5. The Balaban J connectivity index is 1.21. The van der Waals surface area contributed by atoms with E-state index in [1.807, 2.05) is 0 Å². The van der Waals surface area contributed by atoms with Gasteiger partial charge in [-0.1, -0.05) is 23.7 Å². The van der Waals surface area contributed by atoms with E-state index in [9.17, 15) is 13.2 Å². The normalized spacial score (nSPS) is 16.8. The number of piperazine rings is 1. The first-order chi connectivity index (χ1) is 15.8. The molecule has 0 unspecified atom stereocenters. The second kappa shape index (κ2) is 10.3. The fourth-order valence-corrected chi connectivity index (χ4v) is 5.70. The van der Waals surface area contributed by atoms with E-state index < -0.39 is 10.0 Å². The monoisotopic (exact) mass is 492 g/mol. The number of rotatable bonds is 8. The molecule has 8 nitrogen and oxygen atoms in total. The number of carbonyl (C=O) groups is 1. The minimum Gasteiger partial charge on any atom is -0.482 e. The molecule has 0 spiro atoms. The lowest BCUT2D eigenvalue weighted by Crippen LogP contribution is -2.46. The number of ether oxygens (including phenoxy) is 1. The van der Waals surface area contributed by atoms with Crippen molar-refractivity contribution < 1.29 is 17.9 Å². The second-order valence-electron chi connectivity index (χ2n) is 8.39. The van der Waals surface area contributed by atoms with Crippen molar-refractivity contribution in [2.75, 3.05) is 56.1 Å². The van der Waals surface area contributed by atoms with Gasteiger partial charge in [-0.3, -0.25) is 9.69 Å². The predicted molar refractivity (Wildman–Crippen MR) is 130 cm³/mol. The van der Waals surface area contributed by atoms with Crippen molar-refractivity contribution in [2.24, 2.45) is 0 Å². The van der Waals surface area contributed by atoms with Crippen molar-refractivity contribution in [1.82, 2.24) is 9.62 Å². The summed E-state index contributed by atoms with van der Waals surface area (Å²) < 4.78 is 33.3. The highest BCUT2D eigenvalue weighted by molar-refractivity contribution is 7.89. The van der Waals surface area contributed by atoms with Crippen LogP contribution in [-0.4, -0.2) is 65.1 Å². The van der Waals surface area contributed by atoms with Crippen molar-refractivity contribution in [2.45, 2.75) is 24.7 Å². The number of amides is 1. The number of aryl methyl sites for hydroxylation is 1. The number of anilines is 2. The molecule has 0 radical (unpaired) electrons. The molecule has 1 fully saturated rings. The van der Waals surface area contributed by atoms with E-state index in [1.54, 1.807) is 0 Å². The van der Waals surface area contributed by atoms with Gasteiger partial charge in [-0.05, 0) is 50.1 Å². The van der Waals surface area contributed by atoms with Gasteiger partial charge in [0.05, 0.1) is 10.7 Å². The van der Waals surface area contributed by atoms with Crippen LogP contribution in [0.2, 0.25) is 5.02 Å². The number of halogens is 1. The molecule has 4 rings (SSSR count). The fraction of sp³-hybridized carbons (Fsp3) is 0.435. The van der Waals surface area contributed by atoms with Crippen LogP contribution in [0.1, 0.15) is 18.4 Å². The zero-order valence-electron chi connectivity index (χ0n) is 18.6. The Hall–Kier alpha value is -2.33. The largest absolute Gasteiger partial charge is 0.482 e. The fourth-order valence-electron chi connectivity index (χ4n) is 4.09. The van der Waals surface area contributed by atoms with Gasteiger partial charge in [0, 0.05) is 44.5 Å². The van der Waals surface area contributed by atoms with Gasteiger partial charge in [-0.25, -0.2) is 13.1 Å². The van der Waals surface area contributed by atoms with E-state index in [0.29, 0.717) is 18.0 Å². The topological polar surface area (TPSA) is 91.0 Å². The number of hydrogen-bond acceptors (Lipinski definition) is 6. The molecule has 0 bridgehead atoms. The van der Waals surface area contributed by atoms with Gasteiger partial charge in [-0.15, -0.1) is 0 Å². The van der Waals surface area contributed by atoms with E-state index in [2.05, 4.69) is 51.0 Å². The Labute approximate surface area is 199 Å². The average molecular weight is 493 g/mol. The Morgan fingerprint density at radius 1 is 1.12 bits per heavy atom. The first kappa shape index (κ1) is 23.8. The van der Waals surface area contributed by atoms with E-state index in [4.69, 9.17) is 16.3 Å². The zero-order valence-corrected chi connectivity index (χ0v) is 20.2. The van der Waals surface area contributed by atoms with Gasteiger partial charge in [0.25, 0.3) is 5.91 Å². The zero-order chi connectivity index (χ0) is 23.4. The van der Waals surface area contributed by atoms with Crippen molar-refractivity contribution in [3.05, 3.63) is 47.0 Å². The molecule has 0 aromatic heterocycles. The van der Waals surface area contributed by atoms with Crippen molar-refractivity contribution in [1.29, 1.82) is 0 Å². The lowest BCUT2D eigenvalue weighted by Gasteiger charge is -2.36. The van der Waals surface area contributed by atoms with Gasteiger partial charge in [-0.2, -0.15) is 0 Å². The standard InChI is InChI=1S/C23H29ClN4O4S/c1-17-5-4-6-18(13-17)28-11-9-27(10-12-28)8-3-2-7-25-33(30,31)22-15-21-20(14-19(22)24)26-23(29)16-32-21/h4-6,13-15,25H,2-3,7-12,16H2,1H3,(H,26,29). The van der Waals surface area contributed by atoms with Crippen LogP contribution in [0.15, 0.2) is 41.3 Å². The van der Waals surface area contributed by atoms with Crippen molar-refractivity contribution in [3.63, 3.8) is 0 Å². The first-order valence-corrected chi connectivity index (χ1v) is 13.0. The van der Waals surface area contributed by atoms with E-state index in [-0.39, 0.29) is 22.4 Å². The number of nitrogens with one attached hydrogen (secondary N) is 2. The van der Waals surface area contributed by atoms with Crippen molar-refractivity contribution in [3.8, 4) is 5.75 Å². The Kier molecular flexibility index (Phi) is 7.43. The van der Waals surface area contributed by atoms with Crippen LogP contribution in [0, 0.1) is 6.92 Å². The minimum atomic E-state index is -3.78. The average Bonchev–Trinajstić information content (AvgIpc) is 2.78. The number of fused-ring (bicyclic) bond motifs is 1. The van der Waals surface area contributed by atoms with Gasteiger partial charge in [0.1, 0.15) is 10.6 Å². The van der Waals surface area contributed by atoms with Gasteiger partial charge in [0.2, 0.25) is 10.0 Å². The summed E-state index contributed by atoms with van der Waals surface area (Å²) in [4.78, 5) is 16.2. The highest BCUT2D eigenvalue weighted by Crippen LogP contribution is 2.35. The third-order valence-corrected chi connectivity index (χ3v) is 7.81. The molecule has 2 heterocycles.